The summed E-state index contributed by atoms with van der Waals surface area (Å²) in [6.45, 7) is 12.4. The van der Waals surface area contributed by atoms with Gasteiger partial charge in [-0.15, -0.1) is 0 Å². The van der Waals surface area contributed by atoms with Gasteiger partial charge in [0.25, 0.3) is 6.43 Å². The summed E-state index contributed by atoms with van der Waals surface area (Å²) >= 11 is 0.757. The van der Waals surface area contributed by atoms with Crippen molar-refractivity contribution in [3.05, 3.63) is 35.4 Å². The predicted octanol–water partition coefficient (Wildman–Crippen LogP) is 8.00. The number of anilines is 2. The number of hydrogen-bond donors (Lipinski definition) is 1. The maximum Gasteiger partial charge on any atom is 0.413 e. The molecule has 0 bridgehead atoms. The molecule has 2 aliphatic heterocycles. The lowest BCUT2D eigenvalue weighted by Gasteiger charge is -2.36. The Balaban J connectivity index is 1.45. The number of nitrogens with zero attached hydrogens (tertiary/aromatic N) is 6. The van der Waals surface area contributed by atoms with Gasteiger partial charge in [0.1, 0.15) is 35.0 Å². The molecule has 1 N–H and O–H groups in total. The first-order valence-corrected chi connectivity index (χ1v) is 18.2. The number of likely N-dealkylation sites (tertiary alicyclic amines) is 1. The lowest BCUT2D eigenvalue weighted by molar-refractivity contribution is 0.0240. The minimum absolute atomic E-state index is 0.0153. The number of fused-ring (bicyclic) bond motifs is 2. The molecule has 4 heterocycles. The first-order chi connectivity index (χ1) is 24.9. The molecule has 0 saturated carbocycles. The molecule has 2 saturated heterocycles. The summed E-state index contributed by atoms with van der Waals surface area (Å²) in [6, 6.07) is 3.30. The maximum absolute atomic E-state index is 17.1. The van der Waals surface area contributed by atoms with E-state index in [1.54, 1.807) is 51.3 Å². The Bertz CT molecular complexity index is 2030. The maximum atomic E-state index is 17.1. The van der Waals surface area contributed by atoms with Crippen molar-refractivity contribution in [2.75, 3.05) is 56.6 Å². The molecule has 0 radical (unpaired) electrons. The quantitative estimate of drug-likeness (QED) is 0.186. The van der Waals surface area contributed by atoms with E-state index < -0.39 is 52.6 Å². The van der Waals surface area contributed by atoms with E-state index >= 15 is 17.6 Å². The number of nitrogens with one attached hydrogen (secondary N) is 1. The van der Waals surface area contributed by atoms with Crippen LogP contribution in [-0.2, 0) is 9.47 Å². The molecule has 2 fully saturated rings. The highest BCUT2D eigenvalue weighted by Crippen LogP contribution is 2.44. The molecule has 53 heavy (non-hydrogen) atoms. The highest BCUT2D eigenvalue weighted by molar-refractivity contribution is 7.22. The largest absolute Gasteiger partial charge is 0.462 e. The summed E-state index contributed by atoms with van der Waals surface area (Å²) in [5, 5.41) is 2.40. The zero-order valence-corrected chi connectivity index (χ0v) is 31.5. The van der Waals surface area contributed by atoms with Gasteiger partial charge in [0.05, 0.1) is 10.2 Å². The standard InChI is InChI=1S/C36H43F4N7O5S/c1-35(2,3)51-33(48)44-32-42-27-20(10-11-23(37)28(27)53-32)24-21(29(39)40)17-22-26(25(24)38)41-31(50-18-19-9-8-12-45(19)7)43-30(22)46-13-15-47(16-14-46)34(49)52-36(4,5)6/h10-11,17,19,29H,8-9,12-16,18H2,1-7H3,(H,42,44,48)/t19-/m0/s1. The number of hydrogen-bond acceptors (Lipinski definition) is 11. The summed E-state index contributed by atoms with van der Waals surface area (Å²) in [5.41, 5.74) is -3.26. The van der Waals surface area contributed by atoms with Crippen molar-refractivity contribution in [2.45, 2.75) is 78.1 Å². The second-order valence-corrected chi connectivity index (χ2v) is 16.1. The van der Waals surface area contributed by atoms with E-state index in [-0.39, 0.29) is 82.5 Å². The van der Waals surface area contributed by atoms with Gasteiger partial charge in [-0.3, -0.25) is 5.32 Å². The van der Waals surface area contributed by atoms with E-state index in [1.165, 1.54) is 6.07 Å². The second kappa shape index (κ2) is 14.7. The molecule has 2 aromatic heterocycles. The van der Waals surface area contributed by atoms with Crippen LogP contribution in [0, 0.1) is 11.6 Å². The molecule has 2 aromatic carbocycles. The van der Waals surface area contributed by atoms with Gasteiger partial charge in [-0.05, 0) is 86.2 Å². The zero-order chi connectivity index (χ0) is 38.4. The summed E-state index contributed by atoms with van der Waals surface area (Å²) in [6.07, 6.45) is -2.63. The van der Waals surface area contributed by atoms with Crippen molar-refractivity contribution in [2.24, 2.45) is 0 Å². The number of likely N-dealkylation sites (N-methyl/N-ethyl adjacent to an activating group) is 1. The normalized spacial score (nSPS) is 17.2. The van der Waals surface area contributed by atoms with Crippen molar-refractivity contribution >= 4 is 55.6 Å². The third-order valence-electron chi connectivity index (χ3n) is 8.84. The van der Waals surface area contributed by atoms with Crippen LogP contribution in [0.4, 0.5) is 38.1 Å². The van der Waals surface area contributed by atoms with Gasteiger partial charge in [0, 0.05) is 54.3 Å². The molecular formula is C36H43F4N7O5S. The third-order valence-corrected chi connectivity index (χ3v) is 9.82. The number of benzene rings is 2. The Kier molecular flexibility index (Phi) is 10.6. The number of ether oxygens (including phenoxy) is 3. The fraction of sp³-hybridized carbons (Fsp3) is 0.528. The first kappa shape index (κ1) is 38.2. The molecule has 0 aliphatic carbocycles. The van der Waals surface area contributed by atoms with Crippen LogP contribution in [-0.4, -0.2) is 101 Å². The van der Waals surface area contributed by atoms with Crippen molar-refractivity contribution in [1.29, 1.82) is 0 Å². The Morgan fingerprint density at radius 1 is 0.962 bits per heavy atom. The van der Waals surface area contributed by atoms with Gasteiger partial charge >= 0.3 is 18.2 Å². The number of carbonyl (C=O) groups is 2. The lowest BCUT2D eigenvalue weighted by atomic mass is 9.95. The highest BCUT2D eigenvalue weighted by atomic mass is 32.1. The van der Waals surface area contributed by atoms with Crippen LogP contribution in [0.15, 0.2) is 18.2 Å². The van der Waals surface area contributed by atoms with Crippen LogP contribution in [0.25, 0.3) is 32.2 Å². The number of thiazole rings is 1. The van der Waals surface area contributed by atoms with Crippen molar-refractivity contribution < 1.29 is 41.4 Å². The Hall–Kier alpha value is -4.51. The SMILES string of the molecule is CN1CCC[C@H]1COc1nc(N2CCN(C(=O)OC(C)(C)C)CC2)c2cc(C(F)F)c(-c3ccc(F)c4sc(NC(=O)OC(C)(C)C)nc34)c(F)c2n1. The predicted molar refractivity (Wildman–Crippen MR) is 194 cm³/mol. The van der Waals surface area contributed by atoms with E-state index in [1.807, 2.05) is 7.05 Å². The fourth-order valence-electron chi connectivity index (χ4n) is 6.37. The Morgan fingerprint density at radius 2 is 1.66 bits per heavy atom. The molecular weight excluding hydrogens is 718 g/mol. The van der Waals surface area contributed by atoms with Gasteiger partial charge in [0.2, 0.25) is 0 Å². The van der Waals surface area contributed by atoms with Crippen LogP contribution in [0.3, 0.4) is 0 Å². The number of piperazine rings is 1. The number of halogens is 4. The fourth-order valence-corrected chi connectivity index (χ4v) is 7.25. The van der Waals surface area contributed by atoms with E-state index in [0.29, 0.717) is 0 Å². The minimum Gasteiger partial charge on any atom is -0.462 e. The van der Waals surface area contributed by atoms with E-state index in [0.717, 1.165) is 42.9 Å². The van der Waals surface area contributed by atoms with Crippen molar-refractivity contribution in [3.63, 3.8) is 0 Å². The average Bonchev–Trinajstić information content (AvgIpc) is 3.68. The Labute approximate surface area is 308 Å². The van der Waals surface area contributed by atoms with E-state index in [2.05, 4.69) is 25.2 Å². The minimum atomic E-state index is -3.17. The van der Waals surface area contributed by atoms with Gasteiger partial charge in [-0.1, -0.05) is 11.3 Å². The molecule has 12 nitrogen and oxygen atoms in total. The summed E-state index contributed by atoms with van der Waals surface area (Å²) in [7, 11) is 1.98. The number of carbonyl (C=O) groups excluding carboxylic acids is 2. The first-order valence-electron chi connectivity index (χ1n) is 17.4. The molecule has 0 spiro atoms. The number of rotatable bonds is 7. The van der Waals surface area contributed by atoms with E-state index in [4.69, 9.17) is 14.2 Å². The van der Waals surface area contributed by atoms with Crippen LogP contribution in [0.5, 0.6) is 6.01 Å². The van der Waals surface area contributed by atoms with Gasteiger partial charge in [0.15, 0.2) is 10.9 Å². The van der Waals surface area contributed by atoms with Gasteiger partial charge in [-0.25, -0.2) is 32.1 Å². The number of aromatic nitrogens is 3. The lowest BCUT2D eigenvalue weighted by Crippen LogP contribution is -2.50. The number of amides is 2. The van der Waals surface area contributed by atoms with Crippen LogP contribution in [0.2, 0.25) is 0 Å². The molecule has 17 heteroatoms. The highest BCUT2D eigenvalue weighted by Gasteiger charge is 2.32. The molecule has 0 unspecified atom stereocenters. The molecule has 4 aromatic rings. The third kappa shape index (κ3) is 8.51. The van der Waals surface area contributed by atoms with Crippen LogP contribution >= 0.6 is 11.3 Å². The average molecular weight is 762 g/mol. The molecule has 2 aliphatic rings. The zero-order valence-electron chi connectivity index (χ0n) is 30.7. The van der Waals surface area contributed by atoms with Gasteiger partial charge < -0.3 is 28.9 Å². The van der Waals surface area contributed by atoms with Crippen molar-refractivity contribution in [3.8, 4) is 17.1 Å². The van der Waals surface area contributed by atoms with Crippen molar-refractivity contribution in [1.82, 2.24) is 24.8 Å². The number of alkyl halides is 2. The van der Waals surface area contributed by atoms with Crippen LogP contribution in [0.1, 0.15) is 66.4 Å². The van der Waals surface area contributed by atoms with Crippen LogP contribution < -0.4 is 15.0 Å². The van der Waals surface area contributed by atoms with E-state index in [9.17, 15) is 9.59 Å². The molecule has 286 valence electrons. The smallest absolute Gasteiger partial charge is 0.413 e. The summed E-state index contributed by atoms with van der Waals surface area (Å²) in [4.78, 5) is 44.0. The molecule has 1 atom stereocenters. The Morgan fingerprint density at radius 3 is 2.28 bits per heavy atom. The second-order valence-electron chi connectivity index (χ2n) is 15.1. The summed E-state index contributed by atoms with van der Waals surface area (Å²) in [5.74, 6) is -1.66. The molecule has 2 amide bonds. The monoisotopic (exact) mass is 761 g/mol. The van der Waals surface area contributed by atoms with Gasteiger partial charge in [-0.2, -0.15) is 9.97 Å². The topological polar surface area (TPSA) is 122 Å². The summed E-state index contributed by atoms with van der Waals surface area (Å²) < 4.78 is 79.0. The molecule has 6 rings (SSSR count).